The number of methoxy groups -OCH3 is 4. The standard InChI is InChI=1S/C56H78N4O4.4ClH.4H2O/c1-35-27-41-31-45(61-5)19-23-49(41)53(57-35)17-11-15-39(55-51-25-21-47(63-7)33-43(51)29-37(3)59-55)13-9-10-14-40(56-52-26-22-48(64-8)34-44(52)30-38(4)60-56)16-12-18-54-50-24-20-46(62-6)32-42(50)28-36(2)58-54;;;;;;;;/h19-26,31-40,53-60H,9-18,27-30H2,1-8H3;4*1H;4*1H2. The molecule has 4 aromatic rings. The number of hydrogen-bond donors (Lipinski definition) is 4. The van der Waals surface area contributed by atoms with Crippen LogP contribution < -0.4 is 40.2 Å². The van der Waals surface area contributed by atoms with Gasteiger partial charge in [-0.3, -0.25) is 0 Å². The molecule has 10 unspecified atom stereocenters. The van der Waals surface area contributed by atoms with Crippen LogP contribution in [0.4, 0.5) is 0 Å². The minimum atomic E-state index is 0. The van der Waals surface area contributed by atoms with Crippen molar-refractivity contribution < 1.29 is 40.9 Å². The lowest BCUT2D eigenvalue weighted by Gasteiger charge is -2.38. The summed E-state index contributed by atoms with van der Waals surface area (Å²) in [6, 6.07) is 30.2. The first kappa shape index (κ1) is 68.9. The smallest absolute Gasteiger partial charge is 0.119 e. The SMILES string of the molecule is COc1ccc2c(c1)CC(C)NC2CCCC(CCCCC(CCCC1NC(C)Cc2cc(OC)ccc21)C1NC(C)Cc2cc(OC)ccc21)C1NC(C)Cc2cc(OC)ccc21.Cl.Cl.Cl.Cl.O.O.O.O. The number of hydrogen-bond acceptors (Lipinski definition) is 8. The van der Waals surface area contributed by atoms with Crippen LogP contribution in [0.3, 0.4) is 0 Å². The Hall–Kier alpha value is -3.08. The molecule has 410 valence electrons. The van der Waals surface area contributed by atoms with E-state index in [-0.39, 0.29) is 71.5 Å². The van der Waals surface area contributed by atoms with Crippen molar-refractivity contribution in [3.63, 3.8) is 0 Å². The van der Waals surface area contributed by atoms with Crippen molar-refractivity contribution in [3.05, 3.63) is 117 Å². The van der Waals surface area contributed by atoms with Gasteiger partial charge in [0, 0.05) is 48.3 Å². The Bertz CT molecular complexity index is 2040. The zero-order chi connectivity index (χ0) is 44.7. The molecule has 0 amide bonds. The summed E-state index contributed by atoms with van der Waals surface area (Å²) in [7, 11) is 7.13. The van der Waals surface area contributed by atoms with E-state index in [0.717, 1.165) is 61.5 Å². The van der Waals surface area contributed by atoms with Gasteiger partial charge < -0.3 is 62.1 Å². The molecule has 0 aliphatic carbocycles. The zero-order valence-electron chi connectivity index (χ0n) is 43.9. The maximum Gasteiger partial charge on any atom is 0.119 e. The number of benzene rings is 4. The average Bonchev–Trinajstić information content (AvgIpc) is 3.29. The lowest BCUT2D eigenvalue weighted by molar-refractivity contribution is 0.245. The topological polar surface area (TPSA) is 211 Å². The number of halogens is 4. The van der Waals surface area contributed by atoms with Gasteiger partial charge in [0.1, 0.15) is 23.0 Å². The van der Waals surface area contributed by atoms with Crippen LogP contribution in [0.2, 0.25) is 0 Å². The van der Waals surface area contributed by atoms with Crippen LogP contribution in [-0.4, -0.2) is 74.5 Å². The van der Waals surface area contributed by atoms with Gasteiger partial charge in [0.25, 0.3) is 0 Å². The summed E-state index contributed by atoms with van der Waals surface area (Å²) in [6.07, 6.45) is 16.1. The molecule has 72 heavy (non-hydrogen) atoms. The Labute approximate surface area is 455 Å². The van der Waals surface area contributed by atoms with E-state index >= 15 is 0 Å². The Morgan fingerprint density at radius 1 is 0.389 bits per heavy atom. The molecule has 0 spiro atoms. The highest BCUT2D eigenvalue weighted by atomic mass is 35.5. The van der Waals surface area contributed by atoms with E-state index in [2.05, 4.69) is 122 Å². The zero-order valence-corrected chi connectivity index (χ0v) is 47.1. The first-order chi connectivity index (χ1) is 31.1. The summed E-state index contributed by atoms with van der Waals surface area (Å²) in [6.45, 7) is 9.38. The van der Waals surface area contributed by atoms with Gasteiger partial charge in [-0.15, -0.1) is 49.6 Å². The molecule has 12 N–H and O–H groups in total. The van der Waals surface area contributed by atoms with Crippen molar-refractivity contribution in [1.29, 1.82) is 0 Å². The third kappa shape index (κ3) is 16.7. The molecule has 4 aliphatic heterocycles. The van der Waals surface area contributed by atoms with E-state index < -0.39 is 0 Å². The highest BCUT2D eigenvalue weighted by Crippen LogP contribution is 2.42. The van der Waals surface area contributed by atoms with Crippen molar-refractivity contribution >= 4 is 49.6 Å². The molecule has 12 nitrogen and oxygen atoms in total. The Balaban J connectivity index is 0.00000630. The van der Waals surface area contributed by atoms with Gasteiger partial charge in [0.05, 0.1) is 28.4 Å². The number of ether oxygens (including phenoxy) is 4. The normalized spacial score (nSPS) is 22.9. The van der Waals surface area contributed by atoms with Crippen molar-refractivity contribution in [2.45, 2.75) is 166 Å². The number of nitrogens with one attached hydrogen (secondary N) is 4. The molecular formula is C56H90Cl4N4O8. The van der Waals surface area contributed by atoms with Gasteiger partial charge in [-0.25, -0.2) is 0 Å². The molecule has 0 radical (unpaired) electrons. The van der Waals surface area contributed by atoms with E-state index in [1.165, 1.54) is 95.9 Å². The molecule has 0 bridgehead atoms. The third-order valence-corrected chi connectivity index (χ3v) is 15.3. The number of rotatable bonds is 19. The van der Waals surface area contributed by atoms with E-state index in [4.69, 9.17) is 18.9 Å². The second-order valence-electron chi connectivity index (χ2n) is 20.1. The quantitative estimate of drug-likeness (QED) is 0.0663. The van der Waals surface area contributed by atoms with Crippen LogP contribution in [0.1, 0.15) is 161 Å². The summed E-state index contributed by atoms with van der Waals surface area (Å²) in [5.41, 5.74) is 11.6. The van der Waals surface area contributed by atoms with Gasteiger partial charge in [-0.05, 0) is 197 Å². The molecule has 4 heterocycles. The fourth-order valence-corrected chi connectivity index (χ4v) is 12.2. The predicted octanol–water partition coefficient (Wildman–Crippen LogP) is 9.64. The van der Waals surface area contributed by atoms with Gasteiger partial charge in [0.15, 0.2) is 0 Å². The van der Waals surface area contributed by atoms with Gasteiger partial charge in [-0.1, -0.05) is 49.9 Å². The fraction of sp³-hybridized carbons (Fsp3) is 0.571. The van der Waals surface area contributed by atoms with Gasteiger partial charge >= 0.3 is 0 Å². The first-order valence-electron chi connectivity index (χ1n) is 24.8. The summed E-state index contributed by atoms with van der Waals surface area (Å²) in [4.78, 5) is 0. The molecule has 4 aliphatic rings. The molecule has 0 saturated heterocycles. The average molecular weight is 1090 g/mol. The van der Waals surface area contributed by atoms with E-state index in [9.17, 15) is 0 Å². The monoisotopic (exact) mass is 1090 g/mol. The summed E-state index contributed by atoms with van der Waals surface area (Å²) in [5.74, 6) is 4.94. The second kappa shape index (κ2) is 32.4. The summed E-state index contributed by atoms with van der Waals surface area (Å²) >= 11 is 0. The van der Waals surface area contributed by atoms with Crippen LogP contribution in [0.25, 0.3) is 0 Å². The van der Waals surface area contributed by atoms with Crippen molar-refractivity contribution in [2.24, 2.45) is 11.8 Å². The molecule has 4 aromatic carbocycles. The molecule has 0 fully saturated rings. The Kier molecular flexibility index (Phi) is 31.0. The van der Waals surface area contributed by atoms with Crippen molar-refractivity contribution in [1.82, 2.24) is 21.3 Å². The van der Waals surface area contributed by atoms with Crippen LogP contribution in [0.5, 0.6) is 23.0 Å². The summed E-state index contributed by atoms with van der Waals surface area (Å²) in [5, 5.41) is 16.2. The molecule has 0 saturated carbocycles. The maximum absolute atomic E-state index is 5.72. The Morgan fingerprint density at radius 3 is 0.958 bits per heavy atom. The summed E-state index contributed by atoms with van der Waals surface area (Å²) < 4.78 is 22.7. The Morgan fingerprint density at radius 2 is 0.653 bits per heavy atom. The lowest BCUT2D eigenvalue weighted by Crippen LogP contribution is -2.41. The van der Waals surface area contributed by atoms with Gasteiger partial charge in [-0.2, -0.15) is 0 Å². The largest absolute Gasteiger partial charge is 0.497 e. The second-order valence-corrected chi connectivity index (χ2v) is 20.1. The first-order valence-corrected chi connectivity index (χ1v) is 24.8. The fourth-order valence-electron chi connectivity index (χ4n) is 12.2. The van der Waals surface area contributed by atoms with Crippen LogP contribution in [-0.2, 0) is 25.7 Å². The van der Waals surface area contributed by atoms with E-state index in [1.807, 2.05) is 0 Å². The van der Waals surface area contributed by atoms with Crippen molar-refractivity contribution in [2.75, 3.05) is 28.4 Å². The molecular weight excluding hydrogens is 998 g/mol. The maximum atomic E-state index is 5.72. The van der Waals surface area contributed by atoms with Crippen LogP contribution in [0.15, 0.2) is 72.8 Å². The minimum absolute atomic E-state index is 0. The third-order valence-electron chi connectivity index (χ3n) is 15.3. The molecule has 0 aromatic heterocycles. The molecule has 10 atom stereocenters. The van der Waals surface area contributed by atoms with Crippen LogP contribution >= 0.6 is 49.6 Å². The predicted molar refractivity (Wildman–Crippen MR) is 305 cm³/mol. The van der Waals surface area contributed by atoms with Crippen molar-refractivity contribution in [3.8, 4) is 23.0 Å². The highest BCUT2D eigenvalue weighted by molar-refractivity contribution is 5.86. The minimum Gasteiger partial charge on any atom is -0.497 e. The number of unbranched alkanes of at least 4 members (excludes halogenated alkanes) is 1. The van der Waals surface area contributed by atoms with E-state index in [1.54, 1.807) is 28.4 Å². The van der Waals surface area contributed by atoms with Crippen LogP contribution in [0, 0.1) is 11.8 Å². The molecule has 8 rings (SSSR count). The lowest BCUT2D eigenvalue weighted by atomic mass is 9.77. The highest BCUT2D eigenvalue weighted by Gasteiger charge is 2.34. The van der Waals surface area contributed by atoms with Gasteiger partial charge in [0.2, 0.25) is 0 Å². The molecule has 16 heteroatoms. The number of fused-ring (bicyclic) bond motifs is 4. The van der Waals surface area contributed by atoms with E-state index in [0.29, 0.717) is 60.2 Å².